The van der Waals surface area contributed by atoms with Crippen molar-refractivity contribution in [2.24, 2.45) is 11.1 Å². The zero-order valence-corrected chi connectivity index (χ0v) is 11.1. The van der Waals surface area contributed by atoms with E-state index in [1.165, 1.54) is 6.42 Å². The van der Waals surface area contributed by atoms with E-state index in [1.54, 1.807) is 0 Å². The van der Waals surface area contributed by atoms with Crippen molar-refractivity contribution in [3.8, 4) is 0 Å². The van der Waals surface area contributed by atoms with Crippen LogP contribution in [0.15, 0.2) is 0 Å². The fourth-order valence-corrected chi connectivity index (χ4v) is 1.83. The molecule has 1 atom stereocenters. The zero-order chi connectivity index (χ0) is 12.0. The monoisotopic (exact) mass is 245 g/mol. The third kappa shape index (κ3) is 4.76. The molecule has 1 saturated heterocycles. The average molecular weight is 245 g/mol. The summed E-state index contributed by atoms with van der Waals surface area (Å²) in [6.07, 6.45) is 4.61. The van der Waals surface area contributed by atoms with E-state index in [2.05, 4.69) is 13.8 Å². The van der Waals surface area contributed by atoms with Crippen LogP contribution in [0.25, 0.3) is 0 Å². The molecule has 0 saturated carbocycles. The van der Waals surface area contributed by atoms with Gasteiger partial charge in [-0.3, -0.25) is 0 Å². The van der Waals surface area contributed by atoms with Gasteiger partial charge in [0.25, 0.3) is 0 Å². The summed E-state index contributed by atoms with van der Waals surface area (Å²) in [7, 11) is 0. The van der Waals surface area contributed by atoms with E-state index >= 15 is 0 Å². The Morgan fingerprint density at radius 3 is 2.88 bits per heavy atom. The molecule has 4 heteroatoms. The molecule has 0 radical (unpaired) electrons. The van der Waals surface area contributed by atoms with Gasteiger partial charge in [0, 0.05) is 18.6 Å². The summed E-state index contributed by atoms with van der Waals surface area (Å²) in [5.41, 5.74) is 5.60. The van der Waals surface area contributed by atoms with Crippen molar-refractivity contribution in [3.05, 3.63) is 0 Å². The molecule has 1 unspecified atom stereocenters. The van der Waals surface area contributed by atoms with Gasteiger partial charge in [-0.1, -0.05) is 26.1 Å². The summed E-state index contributed by atoms with van der Waals surface area (Å²) in [4.78, 5) is 0.589. The molecule has 2 N–H and O–H groups in total. The SMILES string of the molecule is CC(C)(CCCOCC1CCCO1)C(N)=S. The summed E-state index contributed by atoms with van der Waals surface area (Å²) in [5.74, 6) is 0. The van der Waals surface area contributed by atoms with Crippen molar-refractivity contribution in [1.82, 2.24) is 0 Å². The second-order valence-electron chi connectivity index (χ2n) is 5.06. The molecule has 0 spiro atoms. The van der Waals surface area contributed by atoms with Crippen molar-refractivity contribution >= 4 is 17.2 Å². The van der Waals surface area contributed by atoms with Crippen LogP contribution >= 0.6 is 12.2 Å². The Bertz CT molecular complexity index is 225. The van der Waals surface area contributed by atoms with E-state index in [1.807, 2.05) is 0 Å². The first-order valence-corrected chi connectivity index (χ1v) is 6.42. The minimum Gasteiger partial charge on any atom is -0.393 e. The zero-order valence-electron chi connectivity index (χ0n) is 10.3. The largest absolute Gasteiger partial charge is 0.393 e. The molecule has 1 heterocycles. The molecule has 1 rings (SSSR count). The van der Waals surface area contributed by atoms with Crippen LogP contribution in [0, 0.1) is 5.41 Å². The molecule has 1 aliphatic heterocycles. The molecule has 0 aromatic rings. The topological polar surface area (TPSA) is 44.5 Å². The predicted octanol–water partition coefficient (Wildman–Crippen LogP) is 2.27. The van der Waals surface area contributed by atoms with Gasteiger partial charge in [0.15, 0.2) is 0 Å². The van der Waals surface area contributed by atoms with E-state index < -0.39 is 0 Å². The summed E-state index contributed by atoms with van der Waals surface area (Å²) < 4.78 is 11.1. The minimum atomic E-state index is -0.0530. The van der Waals surface area contributed by atoms with Gasteiger partial charge in [0.05, 0.1) is 17.7 Å². The maximum atomic E-state index is 5.66. The number of ether oxygens (including phenoxy) is 2. The second-order valence-corrected chi connectivity index (χ2v) is 5.50. The third-order valence-electron chi connectivity index (χ3n) is 3.09. The minimum absolute atomic E-state index is 0.0530. The maximum absolute atomic E-state index is 5.66. The maximum Gasteiger partial charge on any atom is 0.0809 e. The van der Waals surface area contributed by atoms with E-state index in [0.29, 0.717) is 11.1 Å². The van der Waals surface area contributed by atoms with Gasteiger partial charge in [-0.2, -0.15) is 0 Å². The van der Waals surface area contributed by atoms with Crippen molar-refractivity contribution < 1.29 is 9.47 Å². The van der Waals surface area contributed by atoms with Crippen LogP contribution in [0.2, 0.25) is 0 Å². The van der Waals surface area contributed by atoms with Gasteiger partial charge in [-0.05, 0) is 25.7 Å². The molecule has 0 bridgehead atoms. The van der Waals surface area contributed by atoms with Gasteiger partial charge >= 0.3 is 0 Å². The van der Waals surface area contributed by atoms with Crippen molar-refractivity contribution in [3.63, 3.8) is 0 Å². The highest BCUT2D eigenvalue weighted by Gasteiger charge is 2.20. The van der Waals surface area contributed by atoms with Crippen LogP contribution in [-0.2, 0) is 9.47 Å². The highest BCUT2D eigenvalue weighted by Crippen LogP contribution is 2.22. The van der Waals surface area contributed by atoms with Crippen LogP contribution in [0.1, 0.15) is 39.5 Å². The van der Waals surface area contributed by atoms with Gasteiger partial charge in [-0.25, -0.2) is 0 Å². The lowest BCUT2D eigenvalue weighted by Gasteiger charge is -2.22. The fraction of sp³-hybridized carbons (Fsp3) is 0.917. The van der Waals surface area contributed by atoms with Crippen LogP contribution in [0.5, 0.6) is 0 Å². The standard InChI is InChI=1S/C12H23NO2S/c1-12(2,11(13)16)6-4-7-14-9-10-5-3-8-15-10/h10H,3-9H2,1-2H3,(H2,13,16). The molecule has 1 aliphatic rings. The summed E-state index contributed by atoms with van der Waals surface area (Å²) in [6.45, 7) is 6.55. The summed E-state index contributed by atoms with van der Waals surface area (Å²) >= 11 is 5.01. The molecule has 0 aromatic carbocycles. The van der Waals surface area contributed by atoms with E-state index in [4.69, 9.17) is 27.4 Å². The van der Waals surface area contributed by atoms with E-state index in [-0.39, 0.29) is 5.41 Å². The lowest BCUT2D eigenvalue weighted by atomic mass is 9.88. The second kappa shape index (κ2) is 6.52. The van der Waals surface area contributed by atoms with Crippen LogP contribution < -0.4 is 5.73 Å². The summed E-state index contributed by atoms with van der Waals surface area (Å²) in [6, 6.07) is 0. The van der Waals surface area contributed by atoms with Crippen LogP contribution in [-0.4, -0.2) is 30.9 Å². The lowest BCUT2D eigenvalue weighted by Crippen LogP contribution is -2.30. The smallest absolute Gasteiger partial charge is 0.0809 e. The highest BCUT2D eigenvalue weighted by atomic mass is 32.1. The highest BCUT2D eigenvalue weighted by molar-refractivity contribution is 7.80. The first-order chi connectivity index (χ1) is 7.52. The number of hydrogen-bond acceptors (Lipinski definition) is 3. The Labute approximate surface area is 104 Å². The Kier molecular flexibility index (Phi) is 5.66. The first kappa shape index (κ1) is 13.9. The Morgan fingerprint density at radius 2 is 2.31 bits per heavy atom. The molecule has 0 aromatic heterocycles. The van der Waals surface area contributed by atoms with Crippen molar-refractivity contribution in [2.75, 3.05) is 19.8 Å². The molecular weight excluding hydrogens is 222 g/mol. The van der Waals surface area contributed by atoms with Gasteiger partial charge in [0.1, 0.15) is 0 Å². The fourth-order valence-electron chi connectivity index (χ4n) is 1.73. The van der Waals surface area contributed by atoms with Crippen molar-refractivity contribution in [2.45, 2.75) is 45.6 Å². The molecule has 0 amide bonds. The van der Waals surface area contributed by atoms with Gasteiger partial charge < -0.3 is 15.2 Å². The van der Waals surface area contributed by atoms with E-state index in [0.717, 1.165) is 39.1 Å². The number of nitrogens with two attached hydrogens (primary N) is 1. The quantitative estimate of drug-likeness (QED) is 0.552. The third-order valence-corrected chi connectivity index (χ3v) is 3.64. The Morgan fingerprint density at radius 1 is 1.56 bits per heavy atom. The van der Waals surface area contributed by atoms with Crippen molar-refractivity contribution in [1.29, 1.82) is 0 Å². The summed E-state index contributed by atoms with van der Waals surface area (Å²) in [5, 5.41) is 0. The molecule has 0 aliphatic carbocycles. The first-order valence-electron chi connectivity index (χ1n) is 6.01. The average Bonchev–Trinajstić information content (AvgIpc) is 2.69. The lowest BCUT2D eigenvalue weighted by molar-refractivity contribution is 0.0151. The number of rotatable bonds is 7. The van der Waals surface area contributed by atoms with Crippen LogP contribution in [0.3, 0.4) is 0 Å². The molecule has 3 nitrogen and oxygen atoms in total. The van der Waals surface area contributed by atoms with Gasteiger partial charge in [0.2, 0.25) is 0 Å². The Hall–Kier alpha value is -0.190. The van der Waals surface area contributed by atoms with Gasteiger partial charge in [-0.15, -0.1) is 0 Å². The number of hydrogen-bond donors (Lipinski definition) is 1. The molecule has 94 valence electrons. The molecular formula is C12H23NO2S. The van der Waals surface area contributed by atoms with Crippen LogP contribution in [0.4, 0.5) is 0 Å². The normalized spacial score (nSPS) is 21.2. The predicted molar refractivity (Wildman–Crippen MR) is 69.6 cm³/mol. The molecule has 1 fully saturated rings. The Balaban J connectivity index is 2.01. The molecule has 16 heavy (non-hydrogen) atoms. The van der Waals surface area contributed by atoms with E-state index in [9.17, 15) is 0 Å². The number of thiocarbonyl (C=S) groups is 1.